The molecule has 3 rings (SSSR count). The van der Waals surface area contributed by atoms with Crippen molar-refractivity contribution in [1.29, 1.82) is 0 Å². The summed E-state index contributed by atoms with van der Waals surface area (Å²) >= 11 is 0. The number of nitrogens with zero attached hydrogens (tertiary/aromatic N) is 2. The van der Waals surface area contributed by atoms with Gasteiger partial charge in [-0.2, -0.15) is 0 Å². The van der Waals surface area contributed by atoms with E-state index in [1.54, 1.807) is 0 Å². The van der Waals surface area contributed by atoms with Crippen LogP contribution in [0, 0.1) is 12.8 Å². The molecule has 18 heavy (non-hydrogen) atoms. The van der Waals surface area contributed by atoms with Gasteiger partial charge in [0.25, 0.3) is 5.91 Å². The number of pyridine rings is 1. The Morgan fingerprint density at radius 3 is 3.06 bits per heavy atom. The third-order valence-corrected chi connectivity index (χ3v) is 4.12. The van der Waals surface area contributed by atoms with Crippen molar-refractivity contribution in [2.24, 2.45) is 5.92 Å². The molecule has 2 aliphatic heterocycles. The van der Waals surface area contributed by atoms with Crippen LogP contribution < -0.4 is 5.32 Å². The van der Waals surface area contributed by atoms with Gasteiger partial charge in [0.2, 0.25) is 0 Å². The summed E-state index contributed by atoms with van der Waals surface area (Å²) in [6.07, 6.45) is 1.11. The summed E-state index contributed by atoms with van der Waals surface area (Å²) in [6, 6.07) is 6.33. The van der Waals surface area contributed by atoms with Crippen molar-refractivity contribution in [2.75, 3.05) is 13.1 Å². The highest BCUT2D eigenvalue weighted by molar-refractivity contribution is 5.93. The molecule has 3 atom stereocenters. The Morgan fingerprint density at radius 2 is 2.28 bits per heavy atom. The van der Waals surface area contributed by atoms with Gasteiger partial charge in [-0.05, 0) is 38.3 Å². The molecule has 0 bridgehead atoms. The van der Waals surface area contributed by atoms with Crippen LogP contribution in [0.15, 0.2) is 18.2 Å². The van der Waals surface area contributed by atoms with E-state index < -0.39 is 0 Å². The van der Waals surface area contributed by atoms with E-state index in [2.05, 4.69) is 17.2 Å². The summed E-state index contributed by atoms with van der Waals surface area (Å²) in [4.78, 5) is 19.0. The van der Waals surface area contributed by atoms with E-state index in [-0.39, 0.29) is 5.91 Å². The topological polar surface area (TPSA) is 45.2 Å². The van der Waals surface area contributed by atoms with Crippen LogP contribution in [0.5, 0.6) is 0 Å². The summed E-state index contributed by atoms with van der Waals surface area (Å²) in [7, 11) is 0. The maximum Gasteiger partial charge on any atom is 0.273 e. The van der Waals surface area contributed by atoms with Gasteiger partial charge in [-0.3, -0.25) is 4.79 Å². The largest absolute Gasteiger partial charge is 0.330 e. The zero-order valence-corrected chi connectivity index (χ0v) is 10.9. The number of carbonyl (C=O) groups excluding carboxylic acids is 1. The van der Waals surface area contributed by atoms with Gasteiger partial charge in [0.15, 0.2) is 0 Å². The molecule has 1 aromatic rings. The first-order valence-corrected chi connectivity index (χ1v) is 6.64. The Labute approximate surface area is 107 Å². The van der Waals surface area contributed by atoms with Gasteiger partial charge in [0.05, 0.1) is 0 Å². The highest BCUT2D eigenvalue weighted by atomic mass is 16.2. The molecule has 2 fully saturated rings. The quantitative estimate of drug-likeness (QED) is 0.809. The minimum absolute atomic E-state index is 0.0856. The van der Waals surface area contributed by atoms with Crippen LogP contribution in [-0.4, -0.2) is 41.0 Å². The molecule has 1 amide bonds. The number of rotatable bonds is 1. The normalized spacial score (nSPS) is 30.6. The van der Waals surface area contributed by atoms with Gasteiger partial charge in [-0.15, -0.1) is 0 Å². The molecule has 0 aromatic carbocycles. The molecule has 1 N–H and O–H groups in total. The van der Waals surface area contributed by atoms with Gasteiger partial charge in [0, 0.05) is 30.9 Å². The van der Waals surface area contributed by atoms with E-state index in [4.69, 9.17) is 0 Å². The lowest BCUT2D eigenvalue weighted by Crippen LogP contribution is -2.43. The molecule has 3 heterocycles. The standard InChI is InChI=1S/C14H19N3O/c1-9-4-3-5-12(16-9)14(18)17-10(2)6-11-7-15-8-13(11)17/h3-5,10-11,13,15H,6-8H2,1-2H3. The lowest BCUT2D eigenvalue weighted by molar-refractivity contribution is 0.0676. The van der Waals surface area contributed by atoms with E-state index in [0.29, 0.717) is 23.7 Å². The summed E-state index contributed by atoms with van der Waals surface area (Å²) in [5.41, 5.74) is 1.48. The molecule has 2 saturated heterocycles. The molecular weight excluding hydrogens is 226 g/mol. The number of amides is 1. The van der Waals surface area contributed by atoms with E-state index in [9.17, 15) is 4.79 Å². The number of nitrogens with one attached hydrogen (secondary N) is 1. The lowest BCUT2D eigenvalue weighted by atomic mass is 10.0. The van der Waals surface area contributed by atoms with Crippen molar-refractivity contribution in [2.45, 2.75) is 32.4 Å². The summed E-state index contributed by atoms with van der Waals surface area (Å²) in [5.74, 6) is 0.705. The van der Waals surface area contributed by atoms with Crippen LogP contribution >= 0.6 is 0 Å². The fourth-order valence-electron chi connectivity index (χ4n) is 3.31. The van der Waals surface area contributed by atoms with E-state index in [1.807, 2.05) is 30.0 Å². The number of carbonyl (C=O) groups is 1. The highest BCUT2D eigenvalue weighted by Crippen LogP contribution is 2.33. The number of hydrogen-bond donors (Lipinski definition) is 1. The van der Waals surface area contributed by atoms with Gasteiger partial charge >= 0.3 is 0 Å². The number of fused-ring (bicyclic) bond motifs is 1. The Morgan fingerprint density at radius 1 is 1.44 bits per heavy atom. The average Bonchev–Trinajstić information content (AvgIpc) is 2.88. The van der Waals surface area contributed by atoms with Crippen LogP contribution in [0.3, 0.4) is 0 Å². The van der Waals surface area contributed by atoms with Gasteiger partial charge in [-0.25, -0.2) is 4.98 Å². The Kier molecular flexibility index (Phi) is 2.82. The van der Waals surface area contributed by atoms with Crippen LogP contribution in [0.25, 0.3) is 0 Å². The number of aryl methyl sites for hydroxylation is 1. The monoisotopic (exact) mass is 245 g/mol. The number of aromatic nitrogens is 1. The van der Waals surface area contributed by atoms with Gasteiger partial charge in [0.1, 0.15) is 5.69 Å². The first-order chi connectivity index (χ1) is 8.66. The van der Waals surface area contributed by atoms with Gasteiger partial charge in [-0.1, -0.05) is 6.07 Å². The molecule has 0 spiro atoms. The molecular formula is C14H19N3O. The summed E-state index contributed by atoms with van der Waals surface area (Å²) in [6.45, 7) is 6.03. The Hall–Kier alpha value is -1.42. The van der Waals surface area contributed by atoms with Gasteiger partial charge < -0.3 is 10.2 Å². The minimum atomic E-state index is 0.0856. The third kappa shape index (κ3) is 1.81. The van der Waals surface area contributed by atoms with Crippen molar-refractivity contribution >= 4 is 5.91 Å². The second-order valence-corrected chi connectivity index (χ2v) is 5.45. The fraction of sp³-hybridized carbons (Fsp3) is 0.571. The zero-order valence-electron chi connectivity index (χ0n) is 10.9. The van der Waals surface area contributed by atoms with Crippen molar-refractivity contribution < 1.29 is 4.79 Å². The molecule has 96 valence electrons. The molecule has 0 aliphatic carbocycles. The van der Waals surface area contributed by atoms with E-state index >= 15 is 0 Å². The Balaban J connectivity index is 1.87. The van der Waals surface area contributed by atoms with Crippen LogP contribution in [0.1, 0.15) is 29.5 Å². The predicted octanol–water partition coefficient (Wildman–Crippen LogP) is 1.21. The maximum absolute atomic E-state index is 12.6. The van der Waals surface area contributed by atoms with Crippen molar-refractivity contribution in [3.05, 3.63) is 29.6 Å². The minimum Gasteiger partial charge on any atom is -0.330 e. The lowest BCUT2D eigenvalue weighted by Gasteiger charge is -2.27. The second-order valence-electron chi connectivity index (χ2n) is 5.45. The highest BCUT2D eigenvalue weighted by Gasteiger charge is 2.44. The van der Waals surface area contributed by atoms with E-state index in [1.165, 1.54) is 0 Å². The van der Waals surface area contributed by atoms with Crippen LogP contribution in [0.2, 0.25) is 0 Å². The van der Waals surface area contributed by atoms with Crippen LogP contribution in [0.4, 0.5) is 0 Å². The maximum atomic E-state index is 12.6. The molecule has 3 unspecified atom stereocenters. The molecule has 2 aliphatic rings. The summed E-state index contributed by atoms with van der Waals surface area (Å²) < 4.78 is 0. The van der Waals surface area contributed by atoms with E-state index in [0.717, 1.165) is 25.2 Å². The van der Waals surface area contributed by atoms with Crippen LogP contribution in [-0.2, 0) is 0 Å². The fourth-order valence-corrected chi connectivity index (χ4v) is 3.31. The SMILES string of the molecule is Cc1cccc(C(=O)N2C(C)CC3CNCC32)n1. The molecule has 1 aromatic heterocycles. The van der Waals surface area contributed by atoms with Crippen molar-refractivity contribution in [1.82, 2.24) is 15.2 Å². The molecule has 0 saturated carbocycles. The summed E-state index contributed by atoms with van der Waals surface area (Å²) in [5, 5.41) is 3.38. The second kappa shape index (κ2) is 4.35. The molecule has 0 radical (unpaired) electrons. The molecule has 4 heteroatoms. The third-order valence-electron chi connectivity index (χ3n) is 4.12. The smallest absolute Gasteiger partial charge is 0.273 e. The number of likely N-dealkylation sites (tertiary alicyclic amines) is 1. The van der Waals surface area contributed by atoms with Crippen molar-refractivity contribution in [3.63, 3.8) is 0 Å². The Bertz CT molecular complexity index is 474. The number of hydrogen-bond acceptors (Lipinski definition) is 3. The molecule has 4 nitrogen and oxygen atoms in total. The zero-order chi connectivity index (χ0) is 12.7. The first kappa shape index (κ1) is 11.7. The van der Waals surface area contributed by atoms with Crippen molar-refractivity contribution in [3.8, 4) is 0 Å². The average molecular weight is 245 g/mol. The predicted molar refractivity (Wildman–Crippen MR) is 69.4 cm³/mol. The first-order valence-electron chi connectivity index (χ1n) is 6.64.